The van der Waals surface area contributed by atoms with E-state index in [4.69, 9.17) is 11.5 Å². The van der Waals surface area contributed by atoms with Gasteiger partial charge in [0.05, 0.1) is 28.8 Å². The molecule has 0 fully saturated rings. The van der Waals surface area contributed by atoms with Crippen molar-refractivity contribution in [3.63, 3.8) is 0 Å². The third-order valence-corrected chi connectivity index (χ3v) is 2.79. The van der Waals surface area contributed by atoms with Crippen molar-refractivity contribution in [2.24, 2.45) is 0 Å². The Hall–Kier alpha value is -2.49. The summed E-state index contributed by atoms with van der Waals surface area (Å²) in [6, 6.07) is 13.6. The molecule has 4 heteroatoms. The van der Waals surface area contributed by atoms with Crippen LogP contribution < -0.4 is 11.5 Å². The molecular weight excluding hydrogens is 212 g/mol. The van der Waals surface area contributed by atoms with Crippen LogP contribution in [-0.2, 0) is 0 Å². The zero-order valence-corrected chi connectivity index (χ0v) is 9.17. The fourth-order valence-corrected chi connectivity index (χ4v) is 1.87. The van der Waals surface area contributed by atoms with E-state index in [2.05, 4.69) is 5.10 Å². The molecular formula is C13H12N4. The lowest BCUT2D eigenvalue weighted by molar-refractivity contribution is 0.911. The van der Waals surface area contributed by atoms with E-state index in [0.29, 0.717) is 11.4 Å². The van der Waals surface area contributed by atoms with Crippen molar-refractivity contribution in [2.45, 2.75) is 0 Å². The summed E-state index contributed by atoms with van der Waals surface area (Å²) < 4.78 is 1.85. The molecule has 4 nitrogen and oxygen atoms in total. The average molecular weight is 224 g/mol. The Morgan fingerprint density at radius 1 is 0.941 bits per heavy atom. The normalized spacial score (nSPS) is 10.8. The van der Waals surface area contributed by atoms with Crippen molar-refractivity contribution in [3.8, 4) is 5.69 Å². The first-order valence-corrected chi connectivity index (χ1v) is 5.34. The maximum atomic E-state index is 5.80. The lowest BCUT2D eigenvalue weighted by Crippen LogP contribution is -2.00. The zero-order valence-electron chi connectivity index (χ0n) is 9.17. The SMILES string of the molecule is Nc1ccc(-n2ncc3ccccc32)cc1N. The van der Waals surface area contributed by atoms with Gasteiger partial charge in [-0.25, -0.2) is 4.68 Å². The van der Waals surface area contributed by atoms with Gasteiger partial charge in [0, 0.05) is 5.39 Å². The molecule has 0 saturated carbocycles. The highest BCUT2D eigenvalue weighted by Crippen LogP contribution is 2.22. The van der Waals surface area contributed by atoms with Crippen molar-refractivity contribution in [1.82, 2.24) is 9.78 Å². The van der Waals surface area contributed by atoms with E-state index in [9.17, 15) is 0 Å². The molecule has 0 amide bonds. The molecule has 0 aliphatic heterocycles. The summed E-state index contributed by atoms with van der Waals surface area (Å²) in [4.78, 5) is 0. The maximum Gasteiger partial charge on any atom is 0.0741 e. The number of benzene rings is 2. The first kappa shape index (κ1) is 9.72. The van der Waals surface area contributed by atoms with Crippen molar-refractivity contribution in [2.75, 3.05) is 11.5 Å². The molecule has 0 aliphatic rings. The fourth-order valence-electron chi connectivity index (χ4n) is 1.87. The monoisotopic (exact) mass is 224 g/mol. The number of para-hydroxylation sites is 1. The third kappa shape index (κ3) is 1.50. The second-order valence-corrected chi connectivity index (χ2v) is 3.93. The Bertz CT molecular complexity index is 685. The van der Waals surface area contributed by atoms with Crippen LogP contribution in [-0.4, -0.2) is 9.78 Å². The van der Waals surface area contributed by atoms with Crippen molar-refractivity contribution in [1.29, 1.82) is 0 Å². The van der Waals surface area contributed by atoms with Gasteiger partial charge in [-0.1, -0.05) is 18.2 Å². The Kier molecular flexibility index (Phi) is 2.01. The number of fused-ring (bicyclic) bond motifs is 1. The Balaban J connectivity index is 2.24. The summed E-state index contributed by atoms with van der Waals surface area (Å²) in [6.45, 7) is 0. The molecule has 0 spiro atoms. The minimum absolute atomic E-state index is 0.571. The Morgan fingerprint density at radius 3 is 2.59 bits per heavy atom. The van der Waals surface area contributed by atoms with Crippen LogP contribution in [0.4, 0.5) is 11.4 Å². The summed E-state index contributed by atoms with van der Waals surface area (Å²) in [6.07, 6.45) is 1.84. The number of hydrogen-bond acceptors (Lipinski definition) is 3. The van der Waals surface area contributed by atoms with Crippen LogP contribution in [0.2, 0.25) is 0 Å². The van der Waals surface area contributed by atoms with E-state index < -0.39 is 0 Å². The summed E-state index contributed by atoms with van der Waals surface area (Å²) in [5, 5.41) is 5.46. The van der Waals surface area contributed by atoms with Crippen LogP contribution in [0.3, 0.4) is 0 Å². The highest BCUT2D eigenvalue weighted by molar-refractivity contribution is 5.80. The molecule has 1 aromatic heterocycles. The number of nitrogens with two attached hydrogens (primary N) is 2. The molecule has 0 aliphatic carbocycles. The number of rotatable bonds is 1. The lowest BCUT2D eigenvalue weighted by atomic mass is 10.2. The summed E-state index contributed by atoms with van der Waals surface area (Å²) in [7, 11) is 0. The molecule has 0 bridgehead atoms. The van der Waals surface area contributed by atoms with E-state index in [1.807, 2.05) is 47.3 Å². The molecule has 0 radical (unpaired) electrons. The summed E-state index contributed by atoms with van der Waals surface area (Å²) in [5.74, 6) is 0. The smallest absolute Gasteiger partial charge is 0.0741 e. The molecule has 84 valence electrons. The molecule has 1 heterocycles. The summed E-state index contributed by atoms with van der Waals surface area (Å²) >= 11 is 0. The van der Waals surface area contributed by atoms with Crippen LogP contribution in [0.1, 0.15) is 0 Å². The average Bonchev–Trinajstić information content (AvgIpc) is 2.76. The number of anilines is 2. The van der Waals surface area contributed by atoms with Crippen LogP contribution in [0.15, 0.2) is 48.7 Å². The van der Waals surface area contributed by atoms with E-state index in [0.717, 1.165) is 16.6 Å². The van der Waals surface area contributed by atoms with Crippen LogP contribution in [0, 0.1) is 0 Å². The second-order valence-electron chi connectivity index (χ2n) is 3.93. The van der Waals surface area contributed by atoms with Crippen molar-refractivity contribution < 1.29 is 0 Å². The van der Waals surface area contributed by atoms with Gasteiger partial charge < -0.3 is 11.5 Å². The van der Waals surface area contributed by atoms with Gasteiger partial charge in [0.15, 0.2) is 0 Å². The van der Waals surface area contributed by atoms with Gasteiger partial charge >= 0.3 is 0 Å². The summed E-state index contributed by atoms with van der Waals surface area (Å²) in [5.41, 5.74) is 14.6. The topological polar surface area (TPSA) is 69.9 Å². The highest BCUT2D eigenvalue weighted by atomic mass is 15.3. The van der Waals surface area contributed by atoms with Gasteiger partial charge in [0.25, 0.3) is 0 Å². The van der Waals surface area contributed by atoms with Crippen LogP contribution in [0.25, 0.3) is 16.6 Å². The first-order valence-electron chi connectivity index (χ1n) is 5.34. The lowest BCUT2D eigenvalue weighted by Gasteiger charge is -2.06. The number of nitrogens with zero attached hydrogens (tertiary/aromatic N) is 2. The number of aromatic nitrogens is 2. The zero-order chi connectivity index (χ0) is 11.8. The minimum atomic E-state index is 0.571. The molecule has 0 unspecified atom stereocenters. The Morgan fingerprint density at radius 2 is 1.76 bits per heavy atom. The number of nitrogen functional groups attached to an aromatic ring is 2. The standard InChI is InChI=1S/C13H12N4/c14-11-6-5-10(7-12(11)15)17-13-4-2-1-3-9(13)8-16-17/h1-8H,14-15H2. The van der Waals surface area contributed by atoms with Crippen LogP contribution in [0.5, 0.6) is 0 Å². The molecule has 3 rings (SSSR count). The molecule has 4 N–H and O–H groups in total. The Labute approximate surface area is 98.5 Å². The third-order valence-electron chi connectivity index (χ3n) is 2.79. The van der Waals surface area contributed by atoms with E-state index in [1.54, 1.807) is 6.07 Å². The number of hydrogen-bond donors (Lipinski definition) is 2. The molecule has 2 aromatic carbocycles. The van der Waals surface area contributed by atoms with Gasteiger partial charge in [-0.3, -0.25) is 0 Å². The van der Waals surface area contributed by atoms with Gasteiger partial charge in [-0.05, 0) is 24.3 Å². The van der Waals surface area contributed by atoms with E-state index in [-0.39, 0.29) is 0 Å². The van der Waals surface area contributed by atoms with Gasteiger partial charge in [-0.2, -0.15) is 5.10 Å². The van der Waals surface area contributed by atoms with Crippen LogP contribution >= 0.6 is 0 Å². The van der Waals surface area contributed by atoms with Crippen molar-refractivity contribution >= 4 is 22.3 Å². The quantitative estimate of drug-likeness (QED) is 0.622. The first-order chi connectivity index (χ1) is 8.25. The maximum absolute atomic E-state index is 5.80. The molecule has 0 atom stereocenters. The van der Waals surface area contributed by atoms with Gasteiger partial charge in [-0.15, -0.1) is 0 Å². The second kappa shape index (κ2) is 3.52. The molecule has 3 aromatic rings. The molecule has 0 saturated heterocycles. The predicted molar refractivity (Wildman–Crippen MR) is 69.9 cm³/mol. The van der Waals surface area contributed by atoms with Crippen molar-refractivity contribution in [3.05, 3.63) is 48.7 Å². The van der Waals surface area contributed by atoms with Gasteiger partial charge in [0.2, 0.25) is 0 Å². The predicted octanol–water partition coefficient (Wildman–Crippen LogP) is 2.19. The largest absolute Gasteiger partial charge is 0.397 e. The fraction of sp³-hybridized carbons (Fsp3) is 0. The highest BCUT2D eigenvalue weighted by Gasteiger charge is 2.05. The van der Waals surface area contributed by atoms with E-state index >= 15 is 0 Å². The molecule has 17 heavy (non-hydrogen) atoms. The van der Waals surface area contributed by atoms with Gasteiger partial charge in [0.1, 0.15) is 0 Å². The minimum Gasteiger partial charge on any atom is -0.397 e. The van der Waals surface area contributed by atoms with E-state index in [1.165, 1.54) is 0 Å².